The molecule has 2 aromatic carbocycles. The van der Waals surface area contributed by atoms with Crippen molar-refractivity contribution < 1.29 is 24.2 Å². The number of aliphatic hydroxyl groups excluding tert-OH is 1. The highest BCUT2D eigenvalue weighted by atomic mass is 16.6. The molecule has 0 bridgehead atoms. The molecule has 0 radical (unpaired) electrons. The van der Waals surface area contributed by atoms with Gasteiger partial charge in [-0.25, -0.2) is 19.7 Å². The number of esters is 1. The summed E-state index contributed by atoms with van der Waals surface area (Å²) < 4.78 is 13.2. The molecule has 10 nitrogen and oxygen atoms in total. The van der Waals surface area contributed by atoms with Gasteiger partial charge in [-0.1, -0.05) is 36.4 Å². The van der Waals surface area contributed by atoms with E-state index in [1.807, 2.05) is 12.1 Å². The second-order valence-corrected chi connectivity index (χ2v) is 7.72. The highest BCUT2D eigenvalue weighted by Crippen LogP contribution is 2.33. The summed E-state index contributed by atoms with van der Waals surface area (Å²) in [6, 6.07) is 17.4. The Bertz CT molecular complexity index is 1310. The Labute approximate surface area is 194 Å². The minimum absolute atomic E-state index is 0.265. The van der Waals surface area contributed by atoms with Crippen molar-refractivity contribution in [1.29, 1.82) is 0 Å². The molecule has 172 valence electrons. The summed E-state index contributed by atoms with van der Waals surface area (Å²) in [7, 11) is 0. The van der Waals surface area contributed by atoms with Gasteiger partial charge >= 0.3 is 5.97 Å². The minimum Gasteiger partial charge on any atom is -0.456 e. The zero-order chi connectivity index (χ0) is 23.5. The number of fused-ring (bicyclic) bond motifs is 1. The number of carbonyl (C=O) groups excluding carboxylic acids is 2. The van der Waals surface area contributed by atoms with Gasteiger partial charge in [0.1, 0.15) is 24.8 Å². The molecule has 1 fully saturated rings. The number of amides is 1. The van der Waals surface area contributed by atoms with E-state index in [1.165, 1.54) is 12.7 Å². The second-order valence-electron chi connectivity index (χ2n) is 7.72. The van der Waals surface area contributed by atoms with Gasteiger partial charge in [-0.05, 0) is 24.3 Å². The van der Waals surface area contributed by atoms with Crippen LogP contribution >= 0.6 is 0 Å². The van der Waals surface area contributed by atoms with Crippen molar-refractivity contribution in [2.24, 2.45) is 0 Å². The van der Waals surface area contributed by atoms with Crippen molar-refractivity contribution >= 4 is 28.9 Å². The molecule has 0 spiro atoms. The summed E-state index contributed by atoms with van der Waals surface area (Å²) in [5, 5.41) is 12.5. The molecule has 4 aromatic rings. The maximum absolute atomic E-state index is 12.6. The van der Waals surface area contributed by atoms with Crippen molar-refractivity contribution in [2.45, 2.75) is 24.9 Å². The molecule has 2 N–H and O–H groups in total. The standard InChI is InChI=1S/C24H21N5O5/c30-12-18-17(34-24(32)16-9-5-2-6-10-16)11-19(33-18)29-14-27-20-21(25-13-26-22(20)29)28-23(31)15-7-3-1-4-8-15/h1-10,13-14,17-19,30H,11-12H2,(H,25,26,28,31). The molecule has 1 amide bonds. The lowest BCUT2D eigenvalue weighted by Crippen LogP contribution is -2.30. The van der Waals surface area contributed by atoms with Crippen LogP contribution in [0.15, 0.2) is 73.3 Å². The average Bonchev–Trinajstić information content (AvgIpc) is 3.49. The number of anilines is 1. The number of ether oxygens (including phenoxy) is 2. The normalized spacial score (nSPS) is 19.7. The Morgan fingerprint density at radius 3 is 2.44 bits per heavy atom. The number of nitrogens with zero attached hydrogens (tertiary/aromatic N) is 4. The van der Waals surface area contributed by atoms with Crippen LogP contribution < -0.4 is 5.32 Å². The Kier molecular flexibility index (Phi) is 5.98. The molecular formula is C24H21N5O5. The minimum atomic E-state index is -0.700. The molecule has 1 aliphatic heterocycles. The van der Waals surface area contributed by atoms with Gasteiger partial charge in [0.2, 0.25) is 0 Å². The van der Waals surface area contributed by atoms with Crippen molar-refractivity contribution in [3.8, 4) is 0 Å². The molecule has 3 unspecified atom stereocenters. The summed E-state index contributed by atoms with van der Waals surface area (Å²) in [5.41, 5.74) is 1.74. The molecule has 34 heavy (non-hydrogen) atoms. The Morgan fingerprint density at radius 2 is 1.74 bits per heavy atom. The van der Waals surface area contributed by atoms with Gasteiger partial charge in [0.05, 0.1) is 18.5 Å². The van der Waals surface area contributed by atoms with Crippen LogP contribution in [-0.4, -0.2) is 55.3 Å². The molecule has 1 saturated heterocycles. The van der Waals surface area contributed by atoms with Crippen LogP contribution in [0.3, 0.4) is 0 Å². The van der Waals surface area contributed by atoms with Crippen molar-refractivity contribution in [3.63, 3.8) is 0 Å². The fourth-order valence-electron chi connectivity index (χ4n) is 3.86. The molecular weight excluding hydrogens is 438 g/mol. The first-order valence-corrected chi connectivity index (χ1v) is 10.7. The number of rotatable bonds is 6. The average molecular weight is 459 g/mol. The Balaban J connectivity index is 1.35. The van der Waals surface area contributed by atoms with Crippen LogP contribution in [0.25, 0.3) is 11.2 Å². The first-order chi connectivity index (χ1) is 16.6. The van der Waals surface area contributed by atoms with Crippen LogP contribution in [0.1, 0.15) is 33.4 Å². The predicted octanol–water partition coefficient (Wildman–Crippen LogP) is 2.58. The van der Waals surface area contributed by atoms with Gasteiger partial charge in [-0.3, -0.25) is 9.36 Å². The summed E-state index contributed by atoms with van der Waals surface area (Å²) in [5.74, 6) is -0.543. The third kappa shape index (κ3) is 4.24. The quantitative estimate of drug-likeness (QED) is 0.421. The number of aliphatic hydroxyl groups is 1. The molecule has 3 atom stereocenters. The van der Waals surface area contributed by atoms with E-state index in [-0.39, 0.29) is 18.3 Å². The van der Waals surface area contributed by atoms with E-state index in [1.54, 1.807) is 53.1 Å². The second kappa shape index (κ2) is 9.38. The van der Waals surface area contributed by atoms with Gasteiger partial charge in [0.25, 0.3) is 5.91 Å². The van der Waals surface area contributed by atoms with Gasteiger partial charge < -0.3 is 19.9 Å². The van der Waals surface area contributed by atoms with Gasteiger partial charge in [-0.15, -0.1) is 0 Å². The number of benzene rings is 2. The highest BCUT2D eigenvalue weighted by molar-refractivity contribution is 6.06. The lowest BCUT2D eigenvalue weighted by atomic mass is 10.1. The first-order valence-electron chi connectivity index (χ1n) is 10.7. The van der Waals surface area contributed by atoms with E-state index in [4.69, 9.17) is 9.47 Å². The van der Waals surface area contributed by atoms with E-state index in [0.717, 1.165) is 0 Å². The number of aromatic nitrogens is 4. The maximum atomic E-state index is 12.6. The topological polar surface area (TPSA) is 128 Å². The largest absolute Gasteiger partial charge is 0.456 e. The lowest BCUT2D eigenvalue weighted by Gasteiger charge is -2.16. The highest BCUT2D eigenvalue weighted by Gasteiger charge is 2.39. The lowest BCUT2D eigenvalue weighted by molar-refractivity contribution is -0.0500. The first kappa shape index (κ1) is 21.7. The third-order valence-electron chi connectivity index (χ3n) is 5.57. The van der Waals surface area contributed by atoms with Crippen LogP contribution in [-0.2, 0) is 9.47 Å². The number of hydrogen-bond acceptors (Lipinski definition) is 8. The van der Waals surface area contributed by atoms with Gasteiger partial charge in [0.15, 0.2) is 17.0 Å². The zero-order valence-corrected chi connectivity index (χ0v) is 17.9. The third-order valence-corrected chi connectivity index (χ3v) is 5.57. The SMILES string of the molecule is O=C(Nc1ncnc2c1ncn2C1CC(OC(=O)c2ccccc2)C(CO)O1)c1ccccc1. The Hall–Kier alpha value is -4.15. The van der Waals surface area contributed by atoms with Crippen molar-refractivity contribution in [2.75, 3.05) is 11.9 Å². The van der Waals surface area contributed by atoms with Crippen molar-refractivity contribution in [3.05, 3.63) is 84.4 Å². The molecule has 10 heteroatoms. The van der Waals surface area contributed by atoms with E-state index < -0.39 is 24.4 Å². The van der Waals surface area contributed by atoms with Gasteiger partial charge in [0, 0.05) is 12.0 Å². The Morgan fingerprint density at radius 1 is 1.03 bits per heavy atom. The monoisotopic (exact) mass is 459 g/mol. The van der Waals surface area contributed by atoms with Crippen LogP contribution in [0.4, 0.5) is 5.82 Å². The van der Waals surface area contributed by atoms with Gasteiger partial charge in [-0.2, -0.15) is 0 Å². The van der Waals surface area contributed by atoms with E-state index in [0.29, 0.717) is 28.7 Å². The molecule has 3 heterocycles. The predicted molar refractivity (Wildman–Crippen MR) is 121 cm³/mol. The maximum Gasteiger partial charge on any atom is 0.338 e. The van der Waals surface area contributed by atoms with Crippen LogP contribution in [0.5, 0.6) is 0 Å². The number of imidazole rings is 1. The zero-order valence-electron chi connectivity index (χ0n) is 17.9. The number of hydrogen-bond donors (Lipinski definition) is 2. The van der Waals surface area contributed by atoms with E-state index in [9.17, 15) is 14.7 Å². The molecule has 1 aliphatic rings. The summed E-state index contributed by atoms with van der Waals surface area (Å²) in [6.07, 6.45) is 1.21. The molecule has 0 saturated carbocycles. The summed E-state index contributed by atoms with van der Waals surface area (Å²) in [4.78, 5) is 37.9. The molecule has 5 rings (SSSR count). The number of carbonyl (C=O) groups is 2. The fourth-order valence-corrected chi connectivity index (χ4v) is 3.86. The van der Waals surface area contributed by atoms with E-state index >= 15 is 0 Å². The summed E-state index contributed by atoms with van der Waals surface area (Å²) in [6.45, 7) is -0.316. The van der Waals surface area contributed by atoms with Crippen molar-refractivity contribution in [1.82, 2.24) is 19.5 Å². The smallest absolute Gasteiger partial charge is 0.338 e. The van der Waals surface area contributed by atoms with Crippen LogP contribution in [0, 0.1) is 0 Å². The van der Waals surface area contributed by atoms with E-state index in [2.05, 4.69) is 20.3 Å². The fraction of sp³-hybridized carbons (Fsp3) is 0.208. The molecule has 2 aromatic heterocycles. The summed E-state index contributed by atoms with van der Waals surface area (Å²) >= 11 is 0. The number of nitrogens with one attached hydrogen (secondary N) is 1. The van der Waals surface area contributed by atoms with Crippen LogP contribution in [0.2, 0.25) is 0 Å². The molecule has 0 aliphatic carbocycles.